The molecule has 1 aliphatic heterocycles. The van der Waals surface area contributed by atoms with Gasteiger partial charge in [-0.1, -0.05) is 31.4 Å². The third kappa shape index (κ3) is 3.87. The lowest BCUT2D eigenvalue weighted by molar-refractivity contribution is 0.378. The molecule has 19 heavy (non-hydrogen) atoms. The van der Waals surface area contributed by atoms with E-state index in [1.54, 1.807) is 0 Å². The van der Waals surface area contributed by atoms with Gasteiger partial charge >= 0.3 is 0 Å². The molecule has 2 nitrogen and oxygen atoms in total. The fourth-order valence-electron chi connectivity index (χ4n) is 3.09. The van der Waals surface area contributed by atoms with Gasteiger partial charge < -0.3 is 10.6 Å². The van der Waals surface area contributed by atoms with Gasteiger partial charge in [-0.2, -0.15) is 0 Å². The van der Waals surface area contributed by atoms with Gasteiger partial charge in [0.1, 0.15) is 0 Å². The summed E-state index contributed by atoms with van der Waals surface area (Å²) in [4.78, 5) is 2.51. The highest BCUT2D eigenvalue weighted by Crippen LogP contribution is 2.30. The smallest absolute Gasteiger partial charge is 0.0410 e. The molecule has 1 saturated heterocycles. The highest BCUT2D eigenvalue weighted by Gasteiger charge is 2.20. The van der Waals surface area contributed by atoms with Crippen molar-refractivity contribution in [2.24, 2.45) is 11.7 Å². The molecule has 0 amide bonds. The van der Waals surface area contributed by atoms with Crippen molar-refractivity contribution in [3.8, 4) is 0 Å². The van der Waals surface area contributed by atoms with E-state index in [1.807, 2.05) is 6.07 Å². The number of piperidine rings is 1. The van der Waals surface area contributed by atoms with Crippen molar-refractivity contribution in [1.29, 1.82) is 0 Å². The number of nitrogens with zero attached hydrogens (tertiary/aromatic N) is 1. The molecular formula is C16H25ClN2. The number of benzene rings is 1. The molecule has 1 fully saturated rings. The van der Waals surface area contributed by atoms with Crippen LogP contribution in [0.1, 0.15) is 38.2 Å². The predicted octanol–water partition coefficient (Wildman–Crippen LogP) is 3.86. The topological polar surface area (TPSA) is 29.3 Å². The lowest BCUT2D eigenvalue weighted by Crippen LogP contribution is -2.34. The summed E-state index contributed by atoms with van der Waals surface area (Å²) >= 11 is 6.10. The van der Waals surface area contributed by atoms with Gasteiger partial charge in [0.2, 0.25) is 0 Å². The third-order valence-corrected chi connectivity index (χ3v) is 4.34. The van der Waals surface area contributed by atoms with Crippen LogP contribution >= 0.6 is 11.6 Å². The predicted molar refractivity (Wildman–Crippen MR) is 84.1 cm³/mol. The third-order valence-electron chi connectivity index (χ3n) is 4.11. The number of nitrogens with two attached hydrogens (primary N) is 1. The largest absolute Gasteiger partial charge is 0.371 e. The van der Waals surface area contributed by atoms with Crippen molar-refractivity contribution in [1.82, 2.24) is 0 Å². The molecule has 1 heterocycles. The standard InChI is InChI=1S/C16H25ClN2/c1-2-3-13-7-10-19(11-8-13)16-5-4-15(17)12-14(16)6-9-18/h4-5,12-13H,2-3,6-11,18H2,1H3. The van der Waals surface area contributed by atoms with Crippen LogP contribution in [0.3, 0.4) is 0 Å². The van der Waals surface area contributed by atoms with E-state index in [4.69, 9.17) is 17.3 Å². The molecule has 0 bridgehead atoms. The van der Waals surface area contributed by atoms with E-state index in [0.29, 0.717) is 6.54 Å². The molecule has 0 aromatic heterocycles. The summed E-state index contributed by atoms with van der Waals surface area (Å²) < 4.78 is 0. The summed E-state index contributed by atoms with van der Waals surface area (Å²) in [6.45, 7) is 5.30. The lowest BCUT2D eigenvalue weighted by atomic mass is 9.92. The first-order valence-electron chi connectivity index (χ1n) is 7.48. The SMILES string of the molecule is CCCC1CCN(c2ccc(Cl)cc2CCN)CC1. The van der Waals surface area contributed by atoms with E-state index in [-0.39, 0.29) is 0 Å². The minimum atomic E-state index is 0.680. The van der Waals surface area contributed by atoms with Crippen molar-refractivity contribution in [3.05, 3.63) is 28.8 Å². The fourth-order valence-corrected chi connectivity index (χ4v) is 3.28. The molecule has 3 heteroatoms. The van der Waals surface area contributed by atoms with Crippen LogP contribution in [-0.4, -0.2) is 19.6 Å². The number of hydrogen-bond donors (Lipinski definition) is 1. The Morgan fingerprint density at radius 2 is 2.05 bits per heavy atom. The molecule has 0 atom stereocenters. The second kappa shape index (κ2) is 7.16. The second-order valence-electron chi connectivity index (χ2n) is 5.53. The first-order chi connectivity index (χ1) is 9.24. The maximum absolute atomic E-state index is 6.10. The first kappa shape index (κ1) is 14.7. The van der Waals surface area contributed by atoms with Crippen molar-refractivity contribution in [2.75, 3.05) is 24.5 Å². The average molecular weight is 281 g/mol. The Balaban J connectivity index is 2.06. The van der Waals surface area contributed by atoms with Crippen molar-refractivity contribution in [2.45, 2.75) is 39.0 Å². The van der Waals surface area contributed by atoms with Crippen LogP contribution in [0.4, 0.5) is 5.69 Å². The summed E-state index contributed by atoms with van der Waals surface area (Å²) in [5.74, 6) is 0.923. The summed E-state index contributed by atoms with van der Waals surface area (Å²) in [7, 11) is 0. The second-order valence-corrected chi connectivity index (χ2v) is 5.97. The fraction of sp³-hybridized carbons (Fsp3) is 0.625. The zero-order valence-corrected chi connectivity index (χ0v) is 12.6. The highest BCUT2D eigenvalue weighted by molar-refractivity contribution is 6.30. The Kier molecular flexibility index (Phi) is 5.53. The average Bonchev–Trinajstić information content (AvgIpc) is 2.41. The van der Waals surface area contributed by atoms with Gasteiger partial charge in [0, 0.05) is 23.8 Å². The lowest BCUT2D eigenvalue weighted by Gasteiger charge is -2.35. The Labute approximate surface area is 121 Å². The van der Waals surface area contributed by atoms with Crippen LogP contribution in [-0.2, 0) is 6.42 Å². The number of anilines is 1. The van der Waals surface area contributed by atoms with Crippen LogP contribution in [0.2, 0.25) is 5.02 Å². The molecule has 0 spiro atoms. The molecule has 1 aromatic rings. The van der Waals surface area contributed by atoms with E-state index in [9.17, 15) is 0 Å². The zero-order chi connectivity index (χ0) is 13.7. The Morgan fingerprint density at radius 1 is 1.32 bits per heavy atom. The van der Waals surface area contributed by atoms with Crippen LogP contribution < -0.4 is 10.6 Å². The molecule has 0 radical (unpaired) electrons. The molecule has 2 N–H and O–H groups in total. The Morgan fingerprint density at radius 3 is 2.68 bits per heavy atom. The normalized spacial score (nSPS) is 16.9. The van der Waals surface area contributed by atoms with Crippen LogP contribution in [0, 0.1) is 5.92 Å². The molecule has 1 aromatic carbocycles. The van der Waals surface area contributed by atoms with Gasteiger partial charge in [0.05, 0.1) is 0 Å². The zero-order valence-electron chi connectivity index (χ0n) is 11.9. The quantitative estimate of drug-likeness (QED) is 0.887. The highest BCUT2D eigenvalue weighted by atomic mass is 35.5. The summed E-state index contributed by atoms with van der Waals surface area (Å²) in [6.07, 6.45) is 6.23. The van der Waals surface area contributed by atoms with Gasteiger partial charge in [-0.3, -0.25) is 0 Å². The molecule has 106 valence electrons. The number of rotatable bonds is 5. The minimum Gasteiger partial charge on any atom is -0.371 e. The Bertz CT molecular complexity index is 398. The minimum absolute atomic E-state index is 0.680. The molecule has 1 aliphatic rings. The summed E-state index contributed by atoms with van der Waals surface area (Å²) in [5, 5.41) is 0.813. The maximum atomic E-state index is 6.10. The maximum Gasteiger partial charge on any atom is 0.0410 e. The first-order valence-corrected chi connectivity index (χ1v) is 7.85. The van der Waals surface area contributed by atoms with Crippen LogP contribution in [0.5, 0.6) is 0 Å². The molecular weight excluding hydrogens is 256 g/mol. The monoisotopic (exact) mass is 280 g/mol. The van der Waals surface area contributed by atoms with E-state index >= 15 is 0 Å². The van der Waals surface area contributed by atoms with Gasteiger partial charge in [-0.25, -0.2) is 0 Å². The van der Waals surface area contributed by atoms with Crippen molar-refractivity contribution < 1.29 is 0 Å². The number of halogens is 1. The van der Waals surface area contributed by atoms with Crippen molar-refractivity contribution >= 4 is 17.3 Å². The molecule has 0 aliphatic carbocycles. The van der Waals surface area contributed by atoms with E-state index in [1.165, 1.54) is 50.0 Å². The number of hydrogen-bond acceptors (Lipinski definition) is 2. The Hall–Kier alpha value is -0.730. The van der Waals surface area contributed by atoms with Gasteiger partial charge in [0.15, 0.2) is 0 Å². The summed E-state index contributed by atoms with van der Waals surface area (Å²) in [5.41, 5.74) is 8.34. The molecule has 2 rings (SSSR count). The van der Waals surface area contributed by atoms with Crippen LogP contribution in [0.25, 0.3) is 0 Å². The molecule has 0 saturated carbocycles. The van der Waals surface area contributed by atoms with Gasteiger partial charge in [0.25, 0.3) is 0 Å². The van der Waals surface area contributed by atoms with Crippen LogP contribution in [0.15, 0.2) is 18.2 Å². The summed E-state index contributed by atoms with van der Waals surface area (Å²) in [6, 6.07) is 6.23. The van der Waals surface area contributed by atoms with Gasteiger partial charge in [-0.15, -0.1) is 0 Å². The van der Waals surface area contributed by atoms with E-state index in [2.05, 4.69) is 24.0 Å². The van der Waals surface area contributed by atoms with Crippen molar-refractivity contribution in [3.63, 3.8) is 0 Å². The van der Waals surface area contributed by atoms with E-state index in [0.717, 1.165) is 17.4 Å². The molecule has 0 unspecified atom stereocenters. The van der Waals surface area contributed by atoms with Gasteiger partial charge in [-0.05, 0) is 55.5 Å². The van der Waals surface area contributed by atoms with E-state index < -0.39 is 0 Å².